The summed E-state index contributed by atoms with van der Waals surface area (Å²) in [6, 6.07) is 0. The van der Waals surface area contributed by atoms with E-state index in [0.717, 1.165) is 57.3 Å². The van der Waals surface area contributed by atoms with Crippen LogP contribution < -0.4 is 10.6 Å². The summed E-state index contributed by atoms with van der Waals surface area (Å²) in [5.74, 6) is 2.58. The van der Waals surface area contributed by atoms with Crippen molar-refractivity contribution in [2.24, 2.45) is 4.99 Å². The molecule has 1 aromatic heterocycles. The summed E-state index contributed by atoms with van der Waals surface area (Å²) in [6.07, 6.45) is 2.65. The van der Waals surface area contributed by atoms with Gasteiger partial charge in [-0.3, -0.25) is 4.99 Å². The van der Waals surface area contributed by atoms with Crippen molar-refractivity contribution in [2.75, 3.05) is 33.4 Å². The Morgan fingerprint density at radius 2 is 2.00 bits per heavy atom. The number of guanidine groups is 1. The van der Waals surface area contributed by atoms with Crippen molar-refractivity contribution in [3.63, 3.8) is 0 Å². The molecule has 0 aliphatic rings. The standard InChI is InChI=1S/C15H29N5O2/c1-5-21-11-7-10-18-15(16-4)17-9-6-8-13-19-14(12(2)3)20-22-13/h12H,5-11H2,1-4H3,(H2,16,17,18). The van der Waals surface area contributed by atoms with Crippen molar-refractivity contribution in [3.8, 4) is 0 Å². The lowest BCUT2D eigenvalue weighted by Crippen LogP contribution is -2.38. The van der Waals surface area contributed by atoms with Gasteiger partial charge in [-0.25, -0.2) is 0 Å². The van der Waals surface area contributed by atoms with Crippen LogP contribution in [0.25, 0.3) is 0 Å². The maximum Gasteiger partial charge on any atom is 0.226 e. The molecule has 0 aromatic carbocycles. The molecule has 0 atom stereocenters. The van der Waals surface area contributed by atoms with Crippen LogP contribution in [-0.2, 0) is 11.2 Å². The van der Waals surface area contributed by atoms with Crippen molar-refractivity contribution in [1.82, 2.24) is 20.8 Å². The molecule has 2 N–H and O–H groups in total. The van der Waals surface area contributed by atoms with Gasteiger partial charge in [-0.05, 0) is 19.8 Å². The van der Waals surface area contributed by atoms with Gasteiger partial charge in [0, 0.05) is 45.7 Å². The van der Waals surface area contributed by atoms with Crippen LogP contribution >= 0.6 is 0 Å². The lowest BCUT2D eigenvalue weighted by Gasteiger charge is -2.11. The SMILES string of the molecule is CCOCCCNC(=NC)NCCCc1nc(C(C)C)no1. The van der Waals surface area contributed by atoms with Gasteiger partial charge < -0.3 is 19.9 Å². The van der Waals surface area contributed by atoms with Crippen molar-refractivity contribution < 1.29 is 9.26 Å². The minimum absolute atomic E-state index is 0.301. The maximum atomic E-state index is 5.29. The number of aliphatic imine (C=N–C) groups is 1. The summed E-state index contributed by atoms with van der Waals surface area (Å²) < 4.78 is 10.5. The van der Waals surface area contributed by atoms with Crippen LogP contribution in [0.5, 0.6) is 0 Å². The van der Waals surface area contributed by atoms with E-state index in [-0.39, 0.29) is 0 Å². The zero-order valence-corrected chi connectivity index (χ0v) is 14.2. The second-order valence-electron chi connectivity index (χ2n) is 5.28. The topological polar surface area (TPSA) is 84.6 Å². The van der Waals surface area contributed by atoms with Crippen LogP contribution in [0.1, 0.15) is 51.2 Å². The first-order chi connectivity index (χ1) is 10.7. The van der Waals surface area contributed by atoms with E-state index in [1.807, 2.05) is 6.92 Å². The zero-order chi connectivity index (χ0) is 16.2. The predicted octanol–water partition coefficient (Wildman–Crippen LogP) is 1.72. The Kier molecular flexibility index (Phi) is 9.21. The van der Waals surface area contributed by atoms with Crippen LogP contribution in [0.4, 0.5) is 0 Å². The Morgan fingerprint density at radius 1 is 1.27 bits per heavy atom. The first kappa shape index (κ1) is 18.4. The van der Waals surface area contributed by atoms with Gasteiger partial charge in [-0.1, -0.05) is 19.0 Å². The van der Waals surface area contributed by atoms with Gasteiger partial charge in [-0.15, -0.1) is 0 Å². The van der Waals surface area contributed by atoms with Gasteiger partial charge in [0.15, 0.2) is 11.8 Å². The zero-order valence-electron chi connectivity index (χ0n) is 14.2. The summed E-state index contributed by atoms with van der Waals surface area (Å²) in [5.41, 5.74) is 0. The maximum absolute atomic E-state index is 5.29. The monoisotopic (exact) mass is 311 g/mol. The average molecular weight is 311 g/mol. The Hall–Kier alpha value is -1.63. The van der Waals surface area contributed by atoms with Crippen LogP contribution in [0.15, 0.2) is 9.52 Å². The highest BCUT2D eigenvalue weighted by molar-refractivity contribution is 5.79. The number of aryl methyl sites for hydroxylation is 1. The molecule has 0 fully saturated rings. The summed E-state index contributed by atoms with van der Waals surface area (Å²) in [5, 5.41) is 10.5. The summed E-state index contributed by atoms with van der Waals surface area (Å²) >= 11 is 0. The van der Waals surface area contributed by atoms with E-state index in [0.29, 0.717) is 11.8 Å². The highest BCUT2D eigenvalue weighted by atomic mass is 16.5. The predicted molar refractivity (Wildman–Crippen MR) is 87.2 cm³/mol. The minimum atomic E-state index is 0.301. The van der Waals surface area contributed by atoms with Crippen LogP contribution in [0, 0.1) is 0 Å². The van der Waals surface area contributed by atoms with E-state index in [2.05, 4.69) is 39.6 Å². The lowest BCUT2D eigenvalue weighted by atomic mass is 10.2. The van der Waals surface area contributed by atoms with Crippen molar-refractivity contribution >= 4 is 5.96 Å². The number of nitrogens with zero attached hydrogens (tertiary/aromatic N) is 3. The molecule has 0 radical (unpaired) electrons. The van der Waals surface area contributed by atoms with E-state index in [9.17, 15) is 0 Å². The second-order valence-corrected chi connectivity index (χ2v) is 5.28. The highest BCUT2D eigenvalue weighted by Gasteiger charge is 2.09. The third kappa shape index (κ3) is 7.40. The van der Waals surface area contributed by atoms with Crippen LogP contribution in [0.3, 0.4) is 0 Å². The van der Waals surface area contributed by atoms with Crippen LogP contribution in [0.2, 0.25) is 0 Å². The Morgan fingerprint density at radius 3 is 2.59 bits per heavy atom. The van der Waals surface area contributed by atoms with E-state index in [1.54, 1.807) is 7.05 Å². The molecule has 1 heterocycles. The Labute approximate surface area is 132 Å². The van der Waals surface area contributed by atoms with Crippen molar-refractivity contribution in [1.29, 1.82) is 0 Å². The number of rotatable bonds is 10. The third-order valence-electron chi connectivity index (χ3n) is 3.05. The molecule has 0 aliphatic heterocycles. The summed E-state index contributed by atoms with van der Waals surface area (Å²) in [7, 11) is 1.77. The molecule has 126 valence electrons. The minimum Gasteiger partial charge on any atom is -0.382 e. The normalized spacial score (nSPS) is 12.0. The molecule has 0 unspecified atom stereocenters. The molecular weight excluding hydrogens is 282 g/mol. The third-order valence-corrected chi connectivity index (χ3v) is 3.05. The van der Waals surface area contributed by atoms with Crippen LogP contribution in [-0.4, -0.2) is 49.5 Å². The van der Waals surface area contributed by atoms with Crippen molar-refractivity contribution in [2.45, 2.75) is 46.0 Å². The fourth-order valence-electron chi connectivity index (χ4n) is 1.80. The van der Waals surface area contributed by atoms with Gasteiger partial charge >= 0.3 is 0 Å². The molecule has 0 aliphatic carbocycles. The fraction of sp³-hybridized carbons (Fsp3) is 0.800. The van der Waals surface area contributed by atoms with Gasteiger partial charge in [-0.2, -0.15) is 4.98 Å². The quantitative estimate of drug-likeness (QED) is 0.389. The molecule has 22 heavy (non-hydrogen) atoms. The molecule has 0 saturated carbocycles. The summed E-state index contributed by atoms with van der Waals surface area (Å²) in [4.78, 5) is 8.54. The molecule has 7 heteroatoms. The fourth-order valence-corrected chi connectivity index (χ4v) is 1.80. The van der Waals surface area contributed by atoms with Gasteiger partial charge in [0.05, 0.1) is 0 Å². The summed E-state index contributed by atoms with van der Waals surface area (Å²) in [6.45, 7) is 9.30. The van der Waals surface area contributed by atoms with E-state index in [4.69, 9.17) is 9.26 Å². The number of ether oxygens (including phenoxy) is 1. The first-order valence-electron chi connectivity index (χ1n) is 8.02. The Bertz CT molecular complexity index is 431. The molecule has 0 saturated heterocycles. The van der Waals surface area contributed by atoms with Gasteiger partial charge in [0.1, 0.15) is 0 Å². The van der Waals surface area contributed by atoms with Crippen molar-refractivity contribution in [3.05, 3.63) is 11.7 Å². The number of hydrogen-bond acceptors (Lipinski definition) is 5. The van der Waals surface area contributed by atoms with E-state index < -0.39 is 0 Å². The molecule has 7 nitrogen and oxygen atoms in total. The number of nitrogens with one attached hydrogen (secondary N) is 2. The lowest BCUT2D eigenvalue weighted by molar-refractivity contribution is 0.145. The molecular formula is C15H29N5O2. The number of aromatic nitrogens is 2. The first-order valence-corrected chi connectivity index (χ1v) is 8.02. The smallest absolute Gasteiger partial charge is 0.226 e. The van der Waals surface area contributed by atoms with Gasteiger partial charge in [0.25, 0.3) is 0 Å². The van der Waals surface area contributed by atoms with E-state index >= 15 is 0 Å². The van der Waals surface area contributed by atoms with E-state index in [1.165, 1.54) is 0 Å². The molecule has 0 spiro atoms. The highest BCUT2D eigenvalue weighted by Crippen LogP contribution is 2.10. The second kappa shape index (κ2) is 11.0. The Balaban J connectivity index is 2.13. The molecule has 1 rings (SSSR count). The number of hydrogen-bond donors (Lipinski definition) is 2. The molecule has 1 aromatic rings. The largest absolute Gasteiger partial charge is 0.382 e. The average Bonchev–Trinajstić information content (AvgIpc) is 2.98. The molecule has 0 bridgehead atoms. The molecule has 0 amide bonds. The van der Waals surface area contributed by atoms with Gasteiger partial charge in [0.2, 0.25) is 5.89 Å².